The van der Waals surface area contributed by atoms with E-state index in [1.807, 2.05) is 31.1 Å². The van der Waals surface area contributed by atoms with Gasteiger partial charge < -0.3 is 28.9 Å². The van der Waals surface area contributed by atoms with Crippen LogP contribution >= 0.6 is 0 Å². The number of benzene rings is 2. The second-order valence-corrected chi connectivity index (χ2v) is 10.6. The molecule has 0 spiro atoms. The first-order valence-electron chi connectivity index (χ1n) is 13.4. The van der Waals surface area contributed by atoms with Crippen LogP contribution in [0.15, 0.2) is 48.5 Å². The van der Waals surface area contributed by atoms with Crippen molar-refractivity contribution in [3.8, 4) is 11.5 Å². The number of morpholine rings is 1. The summed E-state index contributed by atoms with van der Waals surface area (Å²) in [6.45, 7) is 7.39. The fourth-order valence-electron chi connectivity index (χ4n) is 4.83. The second-order valence-electron chi connectivity index (χ2n) is 10.6. The van der Waals surface area contributed by atoms with Gasteiger partial charge in [-0.25, -0.2) is 4.39 Å². The number of carbonyl (C=O) groups is 1. The highest BCUT2D eigenvalue weighted by molar-refractivity contribution is 5.77. The van der Waals surface area contributed by atoms with Gasteiger partial charge in [0.1, 0.15) is 36.1 Å². The zero-order chi connectivity index (χ0) is 27.0. The van der Waals surface area contributed by atoms with Gasteiger partial charge in [-0.15, -0.1) is 0 Å². The van der Waals surface area contributed by atoms with Crippen molar-refractivity contribution in [3.05, 3.63) is 59.9 Å². The summed E-state index contributed by atoms with van der Waals surface area (Å²) >= 11 is 0. The number of piperazine rings is 1. The molecular formula is C29H41FN4O4. The van der Waals surface area contributed by atoms with E-state index in [9.17, 15) is 9.18 Å². The number of hydrogen-bond acceptors (Lipinski definition) is 7. The third kappa shape index (κ3) is 8.39. The summed E-state index contributed by atoms with van der Waals surface area (Å²) in [6.07, 6.45) is 0.238. The van der Waals surface area contributed by atoms with Gasteiger partial charge in [-0.1, -0.05) is 12.1 Å². The molecule has 0 unspecified atom stereocenters. The van der Waals surface area contributed by atoms with Crippen LogP contribution in [0.4, 0.5) is 4.39 Å². The average Bonchev–Trinajstić information content (AvgIpc) is 2.89. The van der Waals surface area contributed by atoms with E-state index in [2.05, 4.69) is 33.9 Å². The van der Waals surface area contributed by atoms with Gasteiger partial charge in [0.25, 0.3) is 0 Å². The van der Waals surface area contributed by atoms with Crippen molar-refractivity contribution >= 4 is 5.91 Å². The first-order valence-corrected chi connectivity index (χ1v) is 13.4. The fourth-order valence-corrected chi connectivity index (χ4v) is 4.83. The Bertz CT molecular complexity index is 1030. The van der Waals surface area contributed by atoms with E-state index in [1.165, 1.54) is 12.1 Å². The van der Waals surface area contributed by atoms with E-state index in [0.717, 1.165) is 44.0 Å². The molecule has 9 heteroatoms. The van der Waals surface area contributed by atoms with Gasteiger partial charge in [0.15, 0.2) is 0 Å². The van der Waals surface area contributed by atoms with E-state index in [1.54, 1.807) is 12.1 Å². The molecule has 0 N–H and O–H groups in total. The normalized spacial score (nSPS) is 21.0. The topological polar surface area (TPSA) is 57.7 Å². The van der Waals surface area contributed by atoms with E-state index in [-0.39, 0.29) is 24.8 Å². The maximum Gasteiger partial charge on any atom is 0.225 e. The van der Waals surface area contributed by atoms with Crippen LogP contribution in [0.5, 0.6) is 11.5 Å². The Morgan fingerprint density at radius 3 is 2.53 bits per heavy atom. The first-order chi connectivity index (χ1) is 18.3. The van der Waals surface area contributed by atoms with Crippen LogP contribution in [0.1, 0.15) is 12.0 Å². The smallest absolute Gasteiger partial charge is 0.225 e. The first kappa shape index (κ1) is 28.3. The molecule has 1 amide bonds. The largest absolute Gasteiger partial charge is 0.492 e. The Kier molecular flexibility index (Phi) is 9.96. The number of ether oxygens (including phenoxy) is 3. The SMILES string of the molecule is CN(C)CCOc1cccc(CN2CCO[C@](COc3ccc(F)cc3)(CC(=O)N3CCN(C)CC3)C2)c1. The number of halogens is 1. The van der Waals surface area contributed by atoms with Crippen molar-refractivity contribution in [2.75, 3.05) is 86.8 Å². The quantitative estimate of drug-likeness (QED) is 0.444. The van der Waals surface area contributed by atoms with Gasteiger partial charge >= 0.3 is 0 Å². The minimum atomic E-state index is -0.799. The second kappa shape index (κ2) is 13.4. The summed E-state index contributed by atoms with van der Waals surface area (Å²) in [5, 5.41) is 0. The summed E-state index contributed by atoms with van der Waals surface area (Å²) in [6, 6.07) is 14.1. The van der Waals surface area contributed by atoms with Crippen LogP contribution in [0, 0.1) is 5.82 Å². The van der Waals surface area contributed by atoms with Crippen molar-refractivity contribution in [1.82, 2.24) is 19.6 Å². The summed E-state index contributed by atoms with van der Waals surface area (Å²) in [7, 11) is 6.13. The van der Waals surface area contributed by atoms with Crippen LogP contribution < -0.4 is 9.47 Å². The van der Waals surface area contributed by atoms with E-state index in [4.69, 9.17) is 14.2 Å². The lowest BCUT2D eigenvalue weighted by atomic mass is 9.96. The van der Waals surface area contributed by atoms with Crippen LogP contribution in [0.2, 0.25) is 0 Å². The molecule has 0 bridgehead atoms. The highest BCUT2D eigenvalue weighted by atomic mass is 19.1. The van der Waals surface area contributed by atoms with Gasteiger partial charge in [0, 0.05) is 52.4 Å². The molecule has 2 heterocycles. The lowest BCUT2D eigenvalue weighted by Gasteiger charge is -2.43. The van der Waals surface area contributed by atoms with Gasteiger partial charge in [-0.2, -0.15) is 0 Å². The molecule has 0 radical (unpaired) electrons. The molecule has 38 heavy (non-hydrogen) atoms. The minimum Gasteiger partial charge on any atom is -0.492 e. The number of amides is 1. The predicted octanol–water partition coefficient (Wildman–Crippen LogP) is 2.58. The molecule has 2 fully saturated rings. The zero-order valence-corrected chi connectivity index (χ0v) is 22.9. The Morgan fingerprint density at radius 2 is 1.79 bits per heavy atom. The maximum absolute atomic E-state index is 13.4. The van der Waals surface area contributed by atoms with Gasteiger partial charge in [-0.05, 0) is 63.1 Å². The molecule has 0 saturated carbocycles. The third-order valence-corrected chi connectivity index (χ3v) is 7.08. The highest BCUT2D eigenvalue weighted by Crippen LogP contribution is 2.27. The molecule has 0 aromatic heterocycles. The molecule has 8 nitrogen and oxygen atoms in total. The van der Waals surface area contributed by atoms with Crippen LogP contribution in [-0.4, -0.2) is 118 Å². The van der Waals surface area contributed by atoms with Crippen molar-refractivity contribution in [2.24, 2.45) is 0 Å². The number of carbonyl (C=O) groups excluding carboxylic acids is 1. The standard InChI is InChI=1S/C29H41FN4O4/c1-31(2)15-17-36-27-6-4-5-24(19-27)21-33-16-18-38-29(22-33,23-37-26-9-7-25(30)8-10-26)20-28(35)34-13-11-32(3)12-14-34/h4-10,19H,11-18,20-23H2,1-3H3/t29-/m1/s1. The molecule has 208 valence electrons. The number of nitrogens with zero attached hydrogens (tertiary/aromatic N) is 4. The minimum absolute atomic E-state index is 0.0824. The molecule has 0 aliphatic carbocycles. The Balaban J connectivity index is 1.44. The lowest BCUT2D eigenvalue weighted by molar-refractivity contribution is -0.157. The zero-order valence-electron chi connectivity index (χ0n) is 22.9. The number of likely N-dealkylation sites (N-methyl/N-ethyl adjacent to an activating group) is 2. The Hall–Kier alpha value is -2.72. The highest BCUT2D eigenvalue weighted by Gasteiger charge is 2.41. The molecule has 2 aromatic rings. The van der Waals surface area contributed by atoms with Crippen molar-refractivity contribution in [3.63, 3.8) is 0 Å². The fraction of sp³-hybridized carbons (Fsp3) is 0.552. The molecule has 4 rings (SSSR count). The maximum atomic E-state index is 13.4. The van der Waals surface area contributed by atoms with Crippen molar-refractivity contribution < 1.29 is 23.4 Å². The van der Waals surface area contributed by atoms with Gasteiger partial charge in [-0.3, -0.25) is 9.69 Å². The summed E-state index contributed by atoms with van der Waals surface area (Å²) in [5.74, 6) is 1.18. The Labute approximate surface area is 225 Å². The third-order valence-electron chi connectivity index (χ3n) is 7.08. The van der Waals surface area contributed by atoms with E-state index >= 15 is 0 Å². The van der Waals surface area contributed by atoms with Crippen molar-refractivity contribution in [1.29, 1.82) is 0 Å². The molecule has 2 saturated heterocycles. The summed E-state index contributed by atoms with van der Waals surface area (Å²) in [4.78, 5) is 21.9. The van der Waals surface area contributed by atoms with Gasteiger partial charge in [0.05, 0.1) is 13.0 Å². The monoisotopic (exact) mass is 528 g/mol. The van der Waals surface area contributed by atoms with Gasteiger partial charge in [0.2, 0.25) is 5.91 Å². The Morgan fingerprint density at radius 1 is 1.03 bits per heavy atom. The average molecular weight is 529 g/mol. The van der Waals surface area contributed by atoms with E-state index in [0.29, 0.717) is 38.6 Å². The molecule has 1 atom stereocenters. The lowest BCUT2D eigenvalue weighted by Crippen LogP contribution is -2.58. The molecule has 2 aliphatic rings. The van der Waals surface area contributed by atoms with Crippen molar-refractivity contribution in [2.45, 2.75) is 18.6 Å². The van der Waals surface area contributed by atoms with Crippen LogP contribution in [0.3, 0.4) is 0 Å². The summed E-state index contributed by atoms with van der Waals surface area (Å²) in [5.41, 5.74) is 0.348. The molecular weight excluding hydrogens is 487 g/mol. The van der Waals surface area contributed by atoms with E-state index < -0.39 is 5.60 Å². The predicted molar refractivity (Wildman–Crippen MR) is 145 cm³/mol. The summed E-state index contributed by atoms with van der Waals surface area (Å²) < 4.78 is 31.7. The van der Waals surface area contributed by atoms with Crippen LogP contribution in [0.25, 0.3) is 0 Å². The molecule has 2 aliphatic heterocycles. The van der Waals surface area contributed by atoms with Crippen LogP contribution in [-0.2, 0) is 16.1 Å². The molecule has 2 aromatic carbocycles. The number of hydrogen-bond donors (Lipinski definition) is 0. The number of rotatable bonds is 11.